The number of hydrogen-bond donors (Lipinski definition) is 0. The van der Waals surface area contributed by atoms with Crippen LogP contribution in [0.1, 0.15) is 6.92 Å². The second kappa shape index (κ2) is 6.66. The number of aromatic nitrogens is 1. The monoisotopic (exact) mass is 301 g/mol. The second-order valence-electron chi connectivity index (χ2n) is 4.58. The summed E-state index contributed by atoms with van der Waals surface area (Å²) in [5, 5.41) is 10.8. The Morgan fingerprint density at radius 3 is 2.50 bits per heavy atom. The van der Waals surface area contributed by atoms with E-state index in [4.69, 9.17) is 0 Å². The standard InChI is InChI=1S/C15H15N3O4/c1-2-17(12-6-4-3-5-7-12)15(20)11-16-10-13(18(21)22)8-9-14(16)19/h3-10H,2,11H2,1H3. The lowest BCUT2D eigenvalue weighted by molar-refractivity contribution is -0.385. The second-order valence-corrected chi connectivity index (χ2v) is 4.58. The Balaban J connectivity index is 2.26. The first-order valence-corrected chi connectivity index (χ1v) is 6.73. The summed E-state index contributed by atoms with van der Waals surface area (Å²) in [7, 11) is 0. The molecule has 0 bridgehead atoms. The van der Waals surface area contributed by atoms with Gasteiger partial charge in [0, 0.05) is 24.4 Å². The molecule has 0 aliphatic rings. The van der Waals surface area contributed by atoms with Crippen molar-refractivity contribution in [1.29, 1.82) is 0 Å². The minimum absolute atomic E-state index is 0.227. The number of benzene rings is 1. The molecule has 2 aromatic rings. The summed E-state index contributed by atoms with van der Waals surface area (Å²) in [6.07, 6.45) is 1.08. The fourth-order valence-corrected chi connectivity index (χ4v) is 2.09. The molecule has 0 aliphatic heterocycles. The van der Waals surface area contributed by atoms with E-state index < -0.39 is 10.5 Å². The molecule has 0 fully saturated rings. The molecule has 0 unspecified atom stereocenters. The van der Waals surface area contributed by atoms with Gasteiger partial charge in [0.25, 0.3) is 11.2 Å². The molecule has 22 heavy (non-hydrogen) atoms. The van der Waals surface area contributed by atoms with E-state index in [-0.39, 0.29) is 18.1 Å². The highest BCUT2D eigenvalue weighted by molar-refractivity contribution is 5.93. The van der Waals surface area contributed by atoms with E-state index in [2.05, 4.69) is 0 Å². The highest BCUT2D eigenvalue weighted by Gasteiger charge is 2.16. The van der Waals surface area contributed by atoms with Crippen molar-refractivity contribution in [3.05, 3.63) is 69.1 Å². The van der Waals surface area contributed by atoms with Crippen molar-refractivity contribution in [2.24, 2.45) is 0 Å². The maximum atomic E-state index is 12.4. The number of carbonyl (C=O) groups is 1. The van der Waals surface area contributed by atoms with Gasteiger partial charge in [-0.2, -0.15) is 0 Å². The van der Waals surface area contributed by atoms with Crippen LogP contribution >= 0.6 is 0 Å². The van der Waals surface area contributed by atoms with Crippen molar-refractivity contribution < 1.29 is 9.72 Å². The van der Waals surface area contributed by atoms with Gasteiger partial charge in [-0.3, -0.25) is 24.3 Å². The molecular weight excluding hydrogens is 286 g/mol. The predicted octanol–water partition coefficient (Wildman–Crippen LogP) is 1.81. The van der Waals surface area contributed by atoms with E-state index in [0.29, 0.717) is 12.2 Å². The number of likely N-dealkylation sites (N-methyl/N-ethyl adjacent to an activating group) is 1. The van der Waals surface area contributed by atoms with Gasteiger partial charge in [-0.25, -0.2) is 0 Å². The summed E-state index contributed by atoms with van der Waals surface area (Å²) in [5.41, 5.74) is 0.0340. The molecule has 7 nitrogen and oxygen atoms in total. The third-order valence-corrected chi connectivity index (χ3v) is 3.17. The van der Waals surface area contributed by atoms with E-state index in [9.17, 15) is 19.7 Å². The average Bonchev–Trinajstić information content (AvgIpc) is 2.51. The topological polar surface area (TPSA) is 85.4 Å². The van der Waals surface area contributed by atoms with Gasteiger partial charge < -0.3 is 4.90 Å². The van der Waals surface area contributed by atoms with Gasteiger partial charge in [0.05, 0.1) is 11.1 Å². The minimum Gasteiger partial charge on any atom is -0.311 e. The van der Waals surface area contributed by atoms with Crippen LogP contribution in [-0.2, 0) is 11.3 Å². The molecular formula is C15H15N3O4. The lowest BCUT2D eigenvalue weighted by atomic mass is 10.3. The molecule has 0 atom stereocenters. The lowest BCUT2D eigenvalue weighted by Gasteiger charge is -2.21. The van der Waals surface area contributed by atoms with Crippen LogP contribution in [0.2, 0.25) is 0 Å². The average molecular weight is 301 g/mol. The Kier molecular flexibility index (Phi) is 4.67. The fraction of sp³-hybridized carbons (Fsp3) is 0.200. The summed E-state index contributed by atoms with van der Waals surface area (Å²) < 4.78 is 1.05. The van der Waals surface area contributed by atoms with Crippen molar-refractivity contribution in [2.75, 3.05) is 11.4 Å². The van der Waals surface area contributed by atoms with Crippen molar-refractivity contribution in [1.82, 2.24) is 4.57 Å². The predicted molar refractivity (Wildman–Crippen MR) is 81.8 cm³/mol. The molecule has 0 aliphatic carbocycles. The molecule has 0 saturated carbocycles. The Labute approximate surface area is 126 Å². The van der Waals surface area contributed by atoms with Gasteiger partial charge in [-0.1, -0.05) is 18.2 Å². The van der Waals surface area contributed by atoms with Gasteiger partial charge in [0.1, 0.15) is 6.54 Å². The zero-order chi connectivity index (χ0) is 16.1. The summed E-state index contributed by atoms with van der Waals surface area (Å²) in [6.45, 7) is 2.01. The van der Waals surface area contributed by atoms with E-state index in [1.54, 1.807) is 12.1 Å². The maximum Gasteiger partial charge on any atom is 0.285 e. The Morgan fingerprint density at radius 2 is 1.91 bits per heavy atom. The Hall–Kier alpha value is -2.96. The van der Waals surface area contributed by atoms with Crippen LogP contribution in [0.15, 0.2) is 53.5 Å². The number of hydrogen-bond acceptors (Lipinski definition) is 4. The third-order valence-electron chi connectivity index (χ3n) is 3.17. The molecule has 0 spiro atoms. The van der Waals surface area contributed by atoms with Crippen LogP contribution in [0.5, 0.6) is 0 Å². The van der Waals surface area contributed by atoms with Crippen LogP contribution < -0.4 is 10.5 Å². The number of para-hydroxylation sites is 1. The lowest BCUT2D eigenvalue weighted by Crippen LogP contribution is -2.36. The summed E-state index contributed by atoms with van der Waals surface area (Å²) in [4.78, 5) is 35.8. The minimum atomic E-state index is -0.602. The van der Waals surface area contributed by atoms with E-state index in [1.165, 1.54) is 4.90 Å². The van der Waals surface area contributed by atoms with E-state index in [1.807, 2.05) is 25.1 Å². The van der Waals surface area contributed by atoms with Crippen LogP contribution in [0.3, 0.4) is 0 Å². The van der Waals surface area contributed by atoms with Crippen LogP contribution in [0.4, 0.5) is 11.4 Å². The Bertz CT molecular complexity index is 740. The van der Waals surface area contributed by atoms with Gasteiger partial charge in [-0.05, 0) is 19.1 Å². The molecule has 1 aromatic carbocycles. The van der Waals surface area contributed by atoms with Crippen LogP contribution in [0, 0.1) is 10.1 Å². The number of amides is 1. The molecule has 2 rings (SSSR count). The number of carbonyl (C=O) groups excluding carboxylic acids is 1. The molecule has 0 radical (unpaired) electrons. The number of anilines is 1. The maximum absolute atomic E-state index is 12.4. The Morgan fingerprint density at radius 1 is 1.23 bits per heavy atom. The highest BCUT2D eigenvalue weighted by atomic mass is 16.6. The van der Waals surface area contributed by atoms with Crippen molar-refractivity contribution in [3.8, 4) is 0 Å². The highest BCUT2D eigenvalue weighted by Crippen LogP contribution is 2.14. The molecule has 114 valence electrons. The van der Waals surface area contributed by atoms with Crippen molar-refractivity contribution in [2.45, 2.75) is 13.5 Å². The number of pyridine rings is 1. The summed E-state index contributed by atoms with van der Waals surface area (Å²) >= 11 is 0. The normalized spacial score (nSPS) is 10.2. The van der Waals surface area contributed by atoms with Gasteiger partial charge in [-0.15, -0.1) is 0 Å². The fourth-order valence-electron chi connectivity index (χ4n) is 2.09. The summed E-state index contributed by atoms with van der Waals surface area (Å²) in [6, 6.07) is 11.3. The van der Waals surface area contributed by atoms with Crippen molar-refractivity contribution in [3.63, 3.8) is 0 Å². The van der Waals surface area contributed by atoms with Crippen LogP contribution in [-0.4, -0.2) is 21.9 Å². The number of nitro groups is 1. The SMILES string of the molecule is CCN(C(=O)Cn1cc([N+](=O)[O-])ccc1=O)c1ccccc1. The first-order valence-electron chi connectivity index (χ1n) is 6.73. The number of rotatable bonds is 5. The molecule has 7 heteroatoms. The van der Waals surface area contributed by atoms with Gasteiger partial charge >= 0.3 is 0 Å². The molecule has 1 aromatic heterocycles. The summed E-state index contributed by atoms with van der Waals surface area (Å²) in [5.74, 6) is -0.309. The van der Waals surface area contributed by atoms with Crippen molar-refractivity contribution >= 4 is 17.3 Å². The first kappa shape index (κ1) is 15.4. The van der Waals surface area contributed by atoms with Crippen LogP contribution in [0.25, 0.3) is 0 Å². The first-order chi connectivity index (χ1) is 10.5. The largest absolute Gasteiger partial charge is 0.311 e. The van der Waals surface area contributed by atoms with Gasteiger partial charge in [0.15, 0.2) is 0 Å². The molecule has 1 amide bonds. The molecule has 1 heterocycles. The molecule has 0 N–H and O–H groups in total. The third kappa shape index (κ3) is 3.38. The van der Waals surface area contributed by atoms with Gasteiger partial charge in [0.2, 0.25) is 5.91 Å². The quantitative estimate of drug-likeness (QED) is 0.622. The zero-order valence-electron chi connectivity index (χ0n) is 12.0. The smallest absolute Gasteiger partial charge is 0.285 e. The zero-order valence-corrected chi connectivity index (χ0v) is 12.0. The van der Waals surface area contributed by atoms with E-state index >= 15 is 0 Å². The molecule has 0 saturated heterocycles. The number of nitrogens with zero attached hydrogens (tertiary/aromatic N) is 3. The van der Waals surface area contributed by atoms with E-state index in [0.717, 1.165) is 22.9 Å².